The molecule has 0 aliphatic rings. The predicted molar refractivity (Wildman–Crippen MR) is 66.9 cm³/mol. The van der Waals surface area contributed by atoms with Gasteiger partial charge in [0.1, 0.15) is 0 Å². The summed E-state index contributed by atoms with van der Waals surface area (Å²) in [6.45, 7) is 6.71. The van der Waals surface area contributed by atoms with Gasteiger partial charge in [0.05, 0.1) is 13.1 Å². The number of hydrogen-bond donors (Lipinski definition) is 2. The molecule has 0 aromatic carbocycles. The van der Waals surface area contributed by atoms with Gasteiger partial charge in [0.15, 0.2) is 0 Å². The van der Waals surface area contributed by atoms with Crippen molar-refractivity contribution in [3.63, 3.8) is 0 Å². The third kappa shape index (κ3) is 7.74. The first-order valence-electron chi connectivity index (χ1n) is 6.23. The van der Waals surface area contributed by atoms with Gasteiger partial charge >= 0.3 is 5.97 Å². The van der Waals surface area contributed by atoms with Gasteiger partial charge in [0.25, 0.3) is 0 Å². The Bertz CT molecular complexity index is 244. The lowest BCUT2D eigenvalue weighted by molar-refractivity contribution is -0.139. The number of carboxylic acids is 1. The number of nitrogens with one attached hydrogen (secondary N) is 1. The summed E-state index contributed by atoms with van der Waals surface area (Å²) in [6, 6.07) is 0.100. The van der Waals surface area contributed by atoms with Gasteiger partial charge in [-0.1, -0.05) is 20.3 Å². The van der Waals surface area contributed by atoms with Crippen molar-refractivity contribution in [2.45, 2.75) is 46.1 Å². The van der Waals surface area contributed by atoms with Crippen molar-refractivity contribution in [1.82, 2.24) is 10.2 Å². The highest BCUT2D eigenvalue weighted by molar-refractivity contribution is 5.79. The number of rotatable bonds is 9. The number of carboxylic acid groups (broad SMARTS) is 1. The Kier molecular flexibility index (Phi) is 8.40. The maximum atomic E-state index is 11.6. The first-order valence-corrected chi connectivity index (χ1v) is 6.23. The van der Waals surface area contributed by atoms with Crippen molar-refractivity contribution >= 4 is 11.9 Å². The molecule has 0 spiro atoms. The molecule has 0 saturated heterocycles. The summed E-state index contributed by atoms with van der Waals surface area (Å²) in [5, 5.41) is 11.6. The van der Waals surface area contributed by atoms with Gasteiger partial charge in [0.2, 0.25) is 5.91 Å². The van der Waals surface area contributed by atoms with Crippen LogP contribution < -0.4 is 5.32 Å². The normalized spacial score (nSPS) is 12.5. The summed E-state index contributed by atoms with van der Waals surface area (Å²) < 4.78 is 0. The lowest BCUT2D eigenvalue weighted by Gasteiger charge is -2.25. The molecule has 0 aliphatic heterocycles. The first kappa shape index (κ1) is 15.9. The van der Waals surface area contributed by atoms with Gasteiger partial charge in [-0.15, -0.1) is 0 Å². The molecular weight excluding hydrogens is 220 g/mol. The zero-order chi connectivity index (χ0) is 13.3. The zero-order valence-corrected chi connectivity index (χ0v) is 11.0. The number of carbonyl (C=O) groups excluding carboxylic acids is 1. The highest BCUT2D eigenvalue weighted by atomic mass is 16.4. The van der Waals surface area contributed by atoms with Crippen LogP contribution in [0, 0.1) is 0 Å². The number of hydrogen-bond acceptors (Lipinski definition) is 3. The van der Waals surface area contributed by atoms with Crippen LogP contribution in [0.1, 0.15) is 40.0 Å². The lowest BCUT2D eigenvalue weighted by atomic mass is 10.2. The van der Waals surface area contributed by atoms with Crippen LogP contribution in [0.3, 0.4) is 0 Å². The van der Waals surface area contributed by atoms with E-state index in [1.54, 1.807) is 4.90 Å². The molecule has 5 heteroatoms. The quantitative estimate of drug-likeness (QED) is 0.596. The Morgan fingerprint density at radius 1 is 1.29 bits per heavy atom. The molecule has 2 N–H and O–H groups in total. The monoisotopic (exact) mass is 244 g/mol. The van der Waals surface area contributed by atoms with Crippen LogP contribution in [-0.2, 0) is 9.59 Å². The van der Waals surface area contributed by atoms with Gasteiger partial charge in [-0.25, -0.2) is 0 Å². The second-order valence-corrected chi connectivity index (χ2v) is 4.26. The fraction of sp³-hybridized carbons (Fsp3) is 0.833. The number of carbonyl (C=O) groups is 2. The number of amides is 1. The Morgan fingerprint density at radius 3 is 2.41 bits per heavy atom. The van der Waals surface area contributed by atoms with Gasteiger partial charge in [-0.3, -0.25) is 14.5 Å². The molecule has 0 fully saturated rings. The molecule has 100 valence electrons. The summed E-state index contributed by atoms with van der Waals surface area (Å²) in [6.07, 6.45) is 2.81. The molecule has 1 atom stereocenters. The van der Waals surface area contributed by atoms with Gasteiger partial charge < -0.3 is 10.4 Å². The summed E-state index contributed by atoms with van der Waals surface area (Å²) in [5.74, 6) is -0.994. The molecule has 0 aromatic rings. The van der Waals surface area contributed by atoms with Crippen molar-refractivity contribution < 1.29 is 14.7 Å². The maximum absolute atomic E-state index is 11.6. The lowest BCUT2D eigenvalue weighted by Crippen LogP contribution is -2.44. The number of unbranched alkanes of at least 4 members (excludes halogenated alkanes) is 1. The number of aliphatic carboxylic acids is 1. The van der Waals surface area contributed by atoms with Crippen molar-refractivity contribution in [3.05, 3.63) is 0 Å². The molecule has 17 heavy (non-hydrogen) atoms. The van der Waals surface area contributed by atoms with E-state index in [0.717, 1.165) is 19.3 Å². The SMILES string of the molecule is CCCCNC(=O)CN(CC(=O)O)C(C)CC. The van der Waals surface area contributed by atoms with Gasteiger partial charge in [0, 0.05) is 12.6 Å². The van der Waals surface area contributed by atoms with E-state index in [2.05, 4.69) is 12.2 Å². The molecule has 5 nitrogen and oxygen atoms in total. The van der Waals surface area contributed by atoms with Gasteiger partial charge in [-0.05, 0) is 19.8 Å². The second-order valence-electron chi connectivity index (χ2n) is 4.26. The maximum Gasteiger partial charge on any atom is 0.317 e. The van der Waals surface area contributed by atoms with E-state index in [1.165, 1.54) is 0 Å². The predicted octanol–water partition coefficient (Wildman–Crippen LogP) is 1.09. The Labute approximate surface area is 103 Å². The summed E-state index contributed by atoms with van der Waals surface area (Å²) in [4.78, 5) is 24.0. The third-order valence-corrected chi connectivity index (χ3v) is 2.75. The van der Waals surface area contributed by atoms with E-state index >= 15 is 0 Å². The molecule has 0 rings (SSSR count). The minimum Gasteiger partial charge on any atom is -0.480 e. The van der Waals surface area contributed by atoms with Crippen LogP contribution in [0.25, 0.3) is 0 Å². The first-order chi connectivity index (χ1) is 8.01. The third-order valence-electron chi connectivity index (χ3n) is 2.75. The Hall–Kier alpha value is -1.10. The Morgan fingerprint density at radius 2 is 1.94 bits per heavy atom. The molecular formula is C12H24N2O3. The van der Waals surface area contributed by atoms with E-state index in [9.17, 15) is 9.59 Å². The van der Waals surface area contributed by atoms with Crippen LogP contribution in [0.15, 0.2) is 0 Å². The summed E-state index contributed by atoms with van der Waals surface area (Å²) in [5.41, 5.74) is 0. The molecule has 0 bridgehead atoms. The Balaban J connectivity index is 4.13. The van der Waals surface area contributed by atoms with Crippen LogP contribution >= 0.6 is 0 Å². The molecule has 0 radical (unpaired) electrons. The van der Waals surface area contributed by atoms with Crippen molar-refractivity contribution in [3.8, 4) is 0 Å². The molecule has 0 aromatic heterocycles. The summed E-state index contributed by atoms with van der Waals surface area (Å²) in [7, 11) is 0. The fourth-order valence-corrected chi connectivity index (χ4v) is 1.44. The minimum absolute atomic E-state index is 0.0871. The average molecular weight is 244 g/mol. The van der Waals surface area contributed by atoms with E-state index < -0.39 is 5.97 Å². The fourth-order valence-electron chi connectivity index (χ4n) is 1.44. The van der Waals surface area contributed by atoms with Crippen molar-refractivity contribution in [2.24, 2.45) is 0 Å². The van der Waals surface area contributed by atoms with E-state index in [-0.39, 0.29) is 25.0 Å². The molecule has 0 saturated carbocycles. The van der Waals surface area contributed by atoms with Crippen molar-refractivity contribution in [2.75, 3.05) is 19.6 Å². The van der Waals surface area contributed by atoms with Crippen molar-refractivity contribution in [1.29, 1.82) is 0 Å². The highest BCUT2D eigenvalue weighted by Gasteiger charge is 2.18. The molecule has 0 heterocycles. The number of nitrogens with zero attached hydrogens (tertiary/aromatic N) is 1. The van der Waals surface area contributed by atoms with Crippen LogP contribution in [-0.4, -0.2) is 47.6 Å². The van der Waals surface area contributed by atoms with Crippen LogP contribution in [0.4, 0.5) is 0 Å². The zero-order valence-electron chi connectivity index (χ0n) is 11.0. The largest absolute Gasteiger partial charge is 0.480 e. The van der Waals surface area contributed by atoms with E-state index in [0.29, 0.717) is 6.54 Å². The smallest absolute Gasteiger partial charge is 0.317 e. The average Bonchev–Trinajstić information content (AvgIpc) is 2.27. The molecule has 1 amide bonds. The summed E-state index contributed by atoms with van der Waals surface area (Å²) >= 11 is 0. The van der Waals surface area contributed by atoms with Gasteiger partial charge in [-0.2, -0.15) is 0 Å². The van der Waals surface area contributed by atoms with Crippen LogP contribution in [0.5, 0.6) is 0 Å². The van der Waals surface area contributed by atoms with Crippen LogP contribution in [0.2, 0.25) is 0 Å². The highest BCUT2D eigenvalue weighted by Crippen LogP contribution is 2.02. The molecule has 1 unspecified atom stereocenters. The van der Waals surface area contributed by atoms with E-state index in [1.807, 2.05) is 13.8 Å². The standard InChI is InChI=1S/C12H24N2O3/c1-4-6-7-13-11(15)8-14(9-12(16)17)10(3)5-2/h10H,4-9H2,1-3H3,(H,13,15)(H,16,17). The topological polar surface area (TPSA) is 69.6 Å². The second kappa shape index (κ2) is 8.98. The molecule has 0 aliphatic carbocycles. The minimum atomic E-state index is -0.897. The van der Waals surface area contributed by atoms with E-state index in [4.69, 9.17) is 5.11 Å².